The molecule has 32 heavy (non-hydrogen) atoms. The minimum atomic E-state index is -0.597. The molecule has 2 rings (SSSR count). The van der Waals surface area contributed by atoms with Gasteiger partial charge in [-0.15, -0.1) is 0 Å². The first kappa shape index (κ1) is 25.4. The number of aryl methyl sites for hydroxylation is 1. The van der Waals surface area contributed by atoms with Gasteiger partial charge in [-0.3, -0.25) is 4.79 Å². The van der Waals surface area contributed by atoms with E-state index < -0.39 is 5.63 Å². The summed E-state index contributed by atoms with van der Waals surface area (Å²) in [5.41, 5.74) is 2.69. The van der Waals surface area contributed by atoms with Gasteiger partial charge in [-0.2, -0.15) is 0 Å². The largest absolute Gasteiger partial charge is 0.507 e. The summed E-state index contributed by atoms with van der Waals surface area (Å²) in [6.45, 7) is 11.8. The fraction of sp³-hybridized carbons (Fsp3) is 0.481. The molecule has 0 fully saturated rings. The fourth-order valence-electron chi connectivity index (χ4n) is 3.79. The highest BCUT2D eigenvalue weighted by Gasteiger charge is 2.28. The number of carbonyl (C=O) groups excluding carboxylic acids is 1. The number of phenolic OH excluding ortho intramolecular Hbond substituents is 2. The van der Waals surface area contributed by atoms with Crippen molar-refractivity contribution in [2.75, 3.05) is 0 Å². The molecule has 1 heterocycles. The quantitative estimate of drug-likeness (QED) is 0.246. The Morgan fingerprint density at radius 1 is 1.12 bits per heavy atom. The summed E-state index contributed by atoms with van der Waals surface area (Å²) in [6, 6.07) is 1.37. The van der Waals surface area contributed by atoms with Gasteiger partial charge in [-0.05, 0) is 58.4 Å². The van der Waals surface area contributed by atoms with Crippen LogP contribution in [0.25, 0.3) is 11.0 Å². The van der Waals surface area contributed by atoms with Gasteiger partial charge in [0.25, 0.3) is 0 Å². The summed E-state index contributed by atoms with van der Waals surface area (Å²) in [4.78, 5) is 25.4. The topological polar surface area (TPSA) is 87.7 Å². The van der Waals surface area contributed by atoms with Gasteiger partial charge in [0.05, 0.1) is 5.39 Å². The van der Waals surface area contributed by atoms with E-state index in [0.29, 0.717) is 23.8 Å². The molecule has 0 saturated carbocycles. The Kier molecular flexibility index (Phi) is 8.88. The van der Waals surface area contributed by atoms with Crippen molar-refractivity contribution in [3.05, 3.63) is 56.5 Å². The molecule has 1 aromatic heterocycles. The van der Waals surface area contributed by atoms with Crippen LogP contribution in [0.3, 0.4) is 0 Å². The van der Waals surface area contributed by atoms with Crippen molar-refractivity contribution in [1.82, 2.24) is 0 Å². The smallest absolute Gasteiger partial charge is 0.336 e. The second kappa shape index (κ2) is 11.2. The molecular weight excluding hydrogens is 404 g/mol. The van der Waals surface area contributed by atoms with Gasteiger partial charge in [0.1, 0.15) is 17.1 Å². The second-order valence-electron chi connectivity index (χ2n) is 8.84. The van der Waals surface area contributed by atoms with E-state index in [9.17, 15) is 19.8 Å². The predicted octanol–water partition coefficient (Wildman–Crippen LogP) is 6.62. The molecule has 0 unspecified atom stereocenters. The lowest BCUT2D eigenvalue weighted by atomic mass is 9.89. The highest BCUT2D eigenvalue weighted by molar-refractivity contribution is 6.12. The third-order valence-electron chi connectivity index (χ3n) is 5.89. The molecule has 0 saturated heterocycles. The van der Waals surface area contributed by atoms with Crippen molar-refractivity contribution < 1.29 is 19.4 Å². The number of benzene rings is 1. The fourth-order valence-corrected chi connectivity index (χ4v) is 3.79. The third kappa shape index (κ3) is 5.70. The molecule has 0 bridgehead atoms. The summed E-state index contributed by atoms with van der Waals surface area (Å²) in [6.07, 6.45) is 8.09. The van der Waals surface area contributed by atoms with Gasteiger partial charge >= 0.3 is 5.63 Å². The Morgan fingerprint density at radius 3 is 2.41 bits per heavy atom. The van der Waals surface area contributed by atoms with Crippen LogP contribution in [0.2, 0.25) is 0 Å². The SMILES string of the molecule is CCCc1cc(=O)oc2c(C(=O)[C@@H](C)CC)c(O)c(CC=C(C)CCC=C(C)C)c(O)c12. The van der Waals surface area contributed by atoms with Crippen LogP contribution < -0.4 is 5.63 Å². The molecule has 0 spiro atoms. The standard InChI is InChI=1S/C27H36O5/c1-7-10-19-15-21(28)32-27-22(19)25(30)20(14-13-17(5)12-9-11-16(3)4)26(31)23(27)24(29)18(6)8-2/h11,13,15,18,30-31H,7-10,12,14H2,1-6H3/t18-/m0/s1. The lowest BCUT2D eigenvalue weighted by Crippen LogP contribution is -2.14. The van der Waals surface area contributed by atoms with E-state index in [1.165, 1.54) is 11.6 Å². The van der Waals surface area contributed by atoms with E-state index in [1.807, 2.05) is 26.8 Å². The summed E-state index contributed by atoms with van der Waals surface area (Å²) >= 11 is 0. The van der Waals surface area contributed by atoms with Gasteiger partial charge in [-0.25, -0.2) is 4.79 Å². The number of hydrogen-bond donors (Lipinski definition) is 2. The summed E-state index contributed by atoms with van der Waals surface area (Å²) < 4.78 is 5.40. The van der Waals surface area contributed by atoms with Gasteiger partial charge in [0.2, 0.25) is 0 Å². The lowest BCUT2D eigenvalue weighted by molar-refractivity contribution is 0.0925. The Hall–Kier alpha value is -2.82. The molecule has 0 radical (unpaired) electrons. The molecule has 174 valence electrons. The zero-order valence-electron chi connectivity index (χ0n) is 20.2. The number of allylic oxidation sites excluding steroid dienone is 4. The lowest BCUT2D eigenvalue weighted by Gasteiger charge is -2.17. The molecule has 0 aliphatic rings. The maximum atomic E-state index is 13.2. The highest BCUT2D eigenvalue weighted by Crippen LogP contribution is 2.42. The van der Waals surface area contributed by atoms with Crippen LogP contribution in [0.15, 0.2) is 38.6 Å². The van der Waals surface area contributed by atoms with E-state index in [1.54, 1.807) is 6.92 Å². The molecule has 5 heteroatoms. The minimum absolute atomic E-state index is 0.00667. The van der Waals surface area contributed by atoms with Crippen LogP contribution >= 0.6 is 0 Å². The molecule has 1 atom stereocenters. The van der Waals surface area contributed by atoms with Crippen molar-refractivity contribution in [2.45, 2.75) is 80.1 Å². The first-order valence-electron chi connectivity index (χ1n) is 11.5. The maximum Gasteiger partial charge on any atom is 0.336 e. The number of ketones is 1. The van der Waals surface area contributed by atoms with E-state index >= 15 is 0 Å². The van der Waals surface area contributed by atoms with Crippen LogP contribution in [0.1, 0.15) is 88.7 Å². The minimum Gasteiger partial charge on any atom is -0.507 e. The summed E-state index contributed by atoms with van der Waals surface area (Å²) in [5, 5.41) is 22.5. The maximum absolute atomic E-state index is 13.2. The van der Waals surface area contributed by atoms with Crippen molar-refractivity contribution in [2.24, 2.45) is 5.92 Å². The van der Waals surface area contributed by atoms with Crippen molar-refractivity contribution >= 4 is 16.8 Å². The van der Waals surface area contributed by atoms with Gasteiger partial charge in [0.15, 0.2) is 11.4 Å². The normalized spacial score (nSPS) is 12.8. The molecular formula is C27H36O5. The Labute approximate surface area is 190 Å². The predicted molar refractivity (Wildman–Crippen MR) is 130 cm³/mol. The zero-order chi connectivity index (χ0) is 24.0. The Morgan fingerprint density at radius 2 is 1.81 bits per heavy atom. The molecule has 5 nitrogen and oxygen atoms in total. The van der Waals surface area contributed by atoms with E-state index in [2.05, 4.69) is 19.9 Å². The molecule has 1 aromatic carbocycles. The zero-order valence-corrected chi connectivity index (χ0v) is 20.2. The molecule has 2 aromatic rings. The number of carbonyl (C=O) groups is 1. The van der Waals surface area contributed by atoms with Crippen LogP contribution in [-0.4, -0.2) is 16.0 Å². The van der Waals surface area contributed by atoms with Crippen LogP contribution in [0.5, 0.6) is 11.5 Å². The van der Waals surface area contributed by atoms with Crippen molar-refractivity contribution in [3.8, 4) is 11.5 Å². The second-order valence-corrected chi connectivity index (χ2v) is 8.84. The van der Waals surface area contributed by atoms with Gasteiger partial charge in [0, 0.05) is 17.5 Å². The monoisotopic (exact) mass is 440 g/mol. The highest BCUT2D eigenvalue weighted by atomic mass is 16.4. The summed E-state index contributed by atoms with van der Waals surface area (Å²) in [5.74, 6) is -1.08. The number of hydrogen-bond acceptors (Lipinski definition) is 5. The molecule has 2 N–H and O–H groups in total. The first-order chi connectivity index (χ1) is 15.1. The number of fused-ring (bicyclic) bond motifs is 1. The molecule has 0 amide bonds. The third-order valence-corrected chi connectivity index (χ3v) is 5.89. The Bertz CT molecular complexity index is 1100. The van der Waals surface area contributed by atoms with E-state index in [0.717, 1.165) is 24.8 Å². The number of aromatic hydroxyl groups is 2. The number of phenols is 2. The average molecular weight is 441 g/mol. The van der Waals surface area contributed by atoms with Crippen LogP contribution in [-0.2, 0) is 12.8 Å². The number of rotatable bonds is 10. The van der Waals surface area contributed by atoms with E-state index in [-0.39, 0.29) is 46.3 Å². The average Bonchev–Trinajstić information content (AvgIpc) is 2.72. The van der Waals surface area contributed by atoms with Crippen molar-refractivity contribution in [3.63, 3.8) is 0 Å². The molecule has 0 aliphatic heterocycles. The Balaban J connectivity index is 2.71. The number of Topliss-reactive ketones (excluding diaryl/α,β-unsaturated/α-hetero) is 1. The van der Waals surface area contributed by atoms with Crippen LogP contribution in [0, 0.1) is 5.92 Å². The summed E-state index contributed by atoms with van der Waals surface area (Å²) in [7, 11) is 0. The van der Waals surface area contributed by atoms with Crippen LogP contribution in [0.4, 0.5) is 0 Å². The van der Waals surface area contributed by atoms with Gasteiger partial charge in [-0.1, -0.05) is 50.5 Å². The first-order valence-corrected chi connectivity index (χ1v) is 11.5. The van der Waals surface area contributed by atoms with Gasteiger partial charge < -0.3 is 14.6 Å². The molecule has 0 aliphatic carbocycles. The van der Waals surface area contributed by atoms with Crippen molar-refractivity contribution in [1.29, 1.82) is 0 Å². The van der Waals surface area contributed by atoms with E-state index in [4.69, 9.17) is 4.42 Å².